The molecule has 0 atom stereocenters. The van der Waals surface area contributed by atoms with Gasteiger partial charge >= 0.3 is 5.97 Å². The van der Waals surface area contributed by atoms with Crippen LogP contribution in [0.5, 0.6) is 11.5 Å². The minimum absolute atomic E-state index is 0.00187. The highest BCUT2D eigenvalue weighted by molar-refractivity contribution is 5.85. The Labute approximate surface area is 155 Å². The lowest BCUT2D eigenvalue weighted by atomic mass is 9.86. The van der Waals surface area contributed by atoms with Crippen LogP contribution in [-0.4, -0.2) is 24.3 Å². The number of rotatable bonds is 7. The molecule has 0 saturated carbocycles. The Morgan fingerprint density at radius 3 is 2.35 bits per heavy atom. The number of para-hydroxylation sites is 1. The van der Waals surface area contributed by atoms with Crippen molar-refractivity contribution in [3.63, 3.8) is 0 Å². The SMILES string of the molecule is Cc1ccc(C(C)(C)C)c(OCCOc2ccccc2C=CC(=O)O)c1. The molecule has 2 aromatic carbocycles. The van der Waals surface area contributed by atoms with Crippen molar-refractivity contribution < 1.29 is 19.4 Å². The molecule has 1 N–H and O–H groups in total. The second kappa shape index (κ2) is 8.56. The number of carbonyl (C=O) groups is 1. The van der Waals surface area contributed by atoms with Crippen LogP contribution in [0.15, 0.2) is 48.5 Å². The first kappa shape index (κ1) is 19.6. The summed E-state index contributed by atoms with van der Waals surface area (Å²) in [6, 6.07) is 13.6. The Morgan fingerprint density at radius 1 is 1.04 bits per heavy atom. The maximum Gasteiger partial charge on any atom is 0.328 e. The fourth-order valence-corrected chi connectivity index (χ4v) is 2.58. The Morgan fingerprint density at radius 2 is 1.69 bits per heavy atom. The van der Waals surface area contributed by atoms with Crippen molar-refractivity contribution >= 4 is 12.0 Å². The van der Waals surface area contributed by atoms with Gasteiger partial charge in [-0.15, -0.1) is 0 Å². The quantitative estimate of drug-likeness (QED) is 0.570. The van der Waals surface area contributed by atoms with E-state index < -0.39 is 5.97 Å². The van der Waals surface area contributed by atoms with E-state index in [-0.39, 0.29) is 5.41 Å². The molecule has 0 bridgehead atoms. The zero-order valence-corrected chi connectivity index (χ0v) is 15.8. The number of ether oxygens (including phenoxy) is 2. The summed E-state index contributed by atoms with van der Waals surface area (Å²) in [6.07, 6.45) is 2.62. The largest absolute Gasteiger partial charge is 0.490 e. The molecule has 0 fully saturated rings. The molecule has 0 saturated heterocycles. The molecule has 0 aliphatic carbocycles. The van der Waals surface area contributed by atoms with Crippen LogP contribution in [0.25, 0.3) is 6.08 Å². The number of aliphatic carboxylic acids is 1. The molecule has 4 nitrogen and oxygen atoms in total. The van der Waals surface area contributed by atoms with Crippen molar-refractivity contribution in [3.05, 3.63) is 65.2 Å². The van der Waals surface area contributed by atoms with Gasteiger partial charge in [-0.25, -0.2) is 4.79 Å². The molecule has 0 aromatic heterocycles. The number of carboxylic acids is 1. The van der Waals surface area contributed by atoms with Crippen LogP contribution in [-0.2, 0) is 10.2 Å². The number of carboxylic acid groups (broad SMARTS) is 1. The topological polar surface area (TPSA) is 55.8 Å². The third kappa shape index (κ3) is 5.66. The van der Waals surface area contributed by atoms with Crippen molar-refractivity contribution in [3.8, 4) is 11.5 Å². The third-order valence-electron chi connectivity index (χ3n) is 3.87. The van der Waals surface area contributed by atoms with Crippen LogP contribution in [0, 0.1) is 6.92 Å². The number of hydrogen-bond donors (Lipinski definition) is 1. The van der Waals surface area contributed by atoms with Gasteiger partial charge in [0.15, 0.2) is 0 Å². The van der Waals surface area contributed by atoms with Crippen molar-refractivity contribution in [2.24, 2.45) is 0 Å². The standard InChI is InChI=1S/C22H26O4/c1-16-9-11-18(22(2,3)4)20(15-16)26-14-13-25-19-8-6-5-7-17(19)10-12-21(23)24/h5-12,15H,13-14H2,1-4H3,(H,23,24). The van der Waals surface area contributed by atoms with E-state index in [0.717, 1.165) is 28.5 Å². The van der Waals surface area contributed by atoms with E-state index in [0.29, 0.717) is 19.0 Å². The molecule has 2 aromatic rings. The van der Waals surface area contributed by atoms with Crippen LogP contribution in [0.3, 0.4) is 0 Å². The number of benzene rings is 2. The fourth-order valence-electron chi connectivity index (χ4n) is 2.58. The minimum Gasteiger partial charge on any atom is -0.490 e. The maximum absolute atomic E-state index is 10.7. The molecule has 4 heteroatoms. The summed E-state index contributed by atoms with van der Waals surface area (Å²) in [6.45, 7) is 9.30. The fraction of sp³-hybridized carbons (Fsp3) is 0.318. The summed E-state index contributed by atoms with van der Waals surface area (Å²) in [5, 5.41) is 8.77. The van der Waals surface area contributed by atoms with Crippen LogP contribution >= 0.6 is 0 Å². The molecule has 0 aliphatic rings. The van der Waals surface area contributed by atoms with Crippen molar-refractivity contribution in [1.29, 1.82) is 0 Å². The monoisotopic (exact) mass is 354 g/mol. The first-order valence-electron chi connectivity index (χ1n) is 8.64. The van der Waals surface area contributed by atoms with E-state index in [9.17, 15) is 4.79 Å². The molecule has 0 spiro atoms. The van der Waals surface area contributed by atoms with E-state index in [1.54, 1.807) is 0 Å². The first-order chi connectivity index (χ1) is 12.3. The van der Waals surface area contributed by atoms with Crippen LogP contribution in [0.2, 0.25) is 0 Å². The van der Waals surface area contributed by atoms with E-state index in [4.69, 9.17) is 14.6 Å². The van der Waals surface area contributed by atoms with Gasteiger partial charge in [0.25, 0.3) is 0 Å². The second-order valence-electron chi connectivity index (χ2n) is 7.16. The normalized spacial score (nSPS) is 11.5. The van der Waals surface area contributed by atoms with E-state index >= 15 is 0 Å². The third-order valence-corrected chi connectivity index (χ3v) is 3.87. The molecule has 0 amide bonds. The summed E-state index contributed by atoms with van der Waals surface area (Å²) in [4.78, 5) is 10.7. The van der Waals surface area contributed by atoms with E-state index in [1.165, 1.54) is 6.08 Å². The smallest absolute Gasteiger partial charge is 0.328 e. The Balaban J connectivity index is 2.00. The minimum atomic E-state index is -0.989. The summed E-state index contributed by atoms with van der Waals surface area (Å²) < 4.78 is 11.7. The van der Waals surface area contributed by atoms with Gasteiger partial charge in [0, 0.05) is 11.6 Å². The van der Waals surface area contributed by atoms with Gasteiger partial charge in [0.05, 0.1) is 0 Å². The molecule has 0 aliphatic heterocycles. The summed E-state index contributed by atoms with van der Waals surface area (Å²) in [7, 11) is 0. The van der Waals surface area contributed by atoms with Gasteiger partial charge in [-0.2, -0.15) is 0 Å². The van der Waals surface area contributed by atoms with Gasteiger partial charge in [-0.3, -0.25) is 0 Å². The van der Waals surface area contributed by atoms with Gasteiger partial charge < -0.3 is 14.6 Å². The molecule has 138 valence electrons. The van der Waals surface area contributed by atoms with Gasteiger partial charge in [0.2, 0.25) is 0 Å². The van der Waals surface area contributed by atoms with Gasteiger partial charge in [-0.1, -0.05) is 51.1 Å². The zero-order chi connectivity index (χ0) is 19.2. The summed E-state index contributed by atoms with van der Waals surface area (Å²) in [5.74, 6) is 0.520. The molecule has 0 radical (unpaired) electrons. The maximum atomic E-state index is 10.7. The lowest BCUT2D eigenvalue weighted by molar-refractivity contribution is -0.131. The molecule has 26 heavy (non-hydrogen) atoms. The number of hydrogen-bond acceptors (Lipinski definition) is 3. The molecule has 0 unspecified atom stereocenters. The lowest BCUT2D eigenvalue weighted by Gasteiger charge is -2.23. The second-order valence-corrected chi connectivity index (χ2v) is 7.16. The van der Waals surface area contributed by atoms with Crippen molar-refractivity contribution in [2.75, 3.05) is 13.2 Å². The Kier molecular flexibility index (Phi) is 6.45. The average Bonchev–Trinajstić information content (AvgIpc) is 2.56. The van der Waals surface area contributed by atoms with Crippen LogP contribution in [0.1, 0.15) is 37.5 Å². The van der Waals surface area contributed by atoms with E-state index in [1.807, 2.05) is 37.3 Å². The average molecular weight is 354 g/mol. The predicted octanol–water partition coefficient (Wildman–Crippen LogP) is 4.85. The van der Waals surface area contributed by atoms with Gasteiger partial charge in [0.1, 0.15) is 24.7 Å². The lowest BCUT2D eigenvalue weighted by Crippen LogP contribution is -2.16. The first-order valence-corrected chi connectivity index (χ1v) is 8.64. The Bertz CT molecular complexity index is 785. The van der Waals surface area contributed by atoms with Gasteiger partial charge in [-0.05, 0) is 41.7 Å². The highest BCUT2D eigenvalue weighted by Gasteiger charge is 2.18. The molecular formula is C22H26O4. The van der Waals surface area contributed by atoms with Crippen LogP contribution in [0.4, 0.5) is 0 Å². The highest BCUT2D eigenvalue weighted by Crippen LogP contribution is 2.32. The molecule has 2 rings (SSSR count). The van der Waals surface area contributed by atoms with Crippen LogP contribution < -0.4 is 9.47 Å². The van der Waals surface area contributed by atoms with Crippen molar-refractivity contribution in [1.82, 2.24) is 0 Å². The zero-order valence-electron chi connectivity index (χ0n) is 15.8. The molecule has 0 heterocycles. The summed E-state index contributed by atoms with van der Waals surface area (Å²) in [5.41, 5.74) is 3.03. The predicted molar refractivity (Wildman–Crippen MR) is 104 cm³/mol. The van der Waals surface area contributed by atoms with Crippen molar-refractivity contribution in [2.45, 2.75) is 33.1 Å². The number of aryl methyl sites for hydroxylation is 1. The van der Waals surface area contributed by atoms with E-state index in [2.05, 4.69) is 32.9 Å². The Hall–Kier alpha value is -2.75. The molecular weight excluding hydrogens is 328 g/mol. The highest BCUT2D eigenvalue weighted by atomic mass is 16.5. The summed E-state index contributed by atoms with van der Waals surface area (Å²) >= 11 is 0.